The standard InChI is InChI=1S/C14H21FN2O/c1-16-9-14(6-3-7-14)10-17-12-8-11(15)4-5-13(12)18-2/h4-5,8,16-17H,3,6-7,9-10H2,1-2H3. The molecule has 0 radical (unpaired) electrons. The highest BCUT2D eigenvalue weighted by atomic mass is 19.1. The minimum absolute atomic E-state index is 0.241. The maximum atomic E-state index is 13.2. The molecular weight excluding hydrogens is 231 g/mol. The van der Waals surface area contributed by atoms with Gasteiger partial charge in [0.2, 0.25) is 0 Å². The third-order valence-electron chi connectivity index (χ3n) is 3.78. The zero-order valence-corrected chi connectivity index (χ0v) is 11.1. The Kier molecular flexibility index (Phi) is 4.07. The van der Waals surface area contributed by atoms with Gasteiger partial charge in [0, 0.05) is 24.6 Å². The second-order valence-corrected chi connectivity index (χ2v) is 5.08. The van der Waals surface area contributed by atoms with E-state index in [9.17, 15) is 4.39 Å². The first-order chi connectivity index (χ1) is 8.69. The summed E-state index contributed by atoms with van der Waals surface area (Å²) in [7, 11) is 3.58. The molecule has 18 heavy (non-hydrogen) atoms. The van der Waals surface area contributed by atoms with Gasteiger partial charge in [0.05, 0.1) is 12.8 Å². The number of halogens is 1. The Morgan fingerprint density at radius 2 is 2.11 bits per heavy atom. The molecule has 0 amide bonds. The van der Waals surface area contributed by atoms with Crippen molar-refractivity contribution in [2.24, 2.45) is 5.41 Å². The highest BCUT2D eigenvalue weighted by Gasteiger charge is 2.36. The number of hydrogen-bond acceptors (Lipinski definition) is 3. The molecule has 2 N–H and O–H groups in total. The minimum atomic E-state index is -0.241. The fourth-order valence-corrected chi connectivity index (χ4v) is 2.57. The predicted octanol–water partition coefficient (Wildman–Crippen LogP) is 2.64. The van der Waals surface area contributed by atoms with Gasteiger partial charge in [-0.2, -0.15) is 0 Å². The van der Waals surface area contributed by atoms with E-state index in [-0.39, 0.29) is 5.82 Å². The van der Waals surface area contributed by atoms with Crippen LogP contribution < -0.4 is 15.4 Å². The molecule has 1 saturated carbocycles. The lowest BCUT2D eigenvalue weighted by Crippen LogP contribution is -2.44. The largest absolute Gasteiger partial charge is 0.495 e. The lowest BCUT2D eigenvalue weighted by Gasteiger charge is -2.42. The van der Waals surface area contributed by atoms with E-state index in [1.165, 1.54) is 31.4 Å². The maximum Gasteiger partial charge on any atom is 0.142 e. The molecule has 1 aromatic carbocycles. The first kappa shape index (κ1) is 13.1. The lowest BCUT2D eigenvalue weighted by atomic mass is 9.68. The molecule has 1 aliphatic rings. The molecule has 100 valence electrons. The van der Waals surface area contributed by atoms with Crippen molar-refractivity contribution in [2.45, 2.75) is 19.3 Å². The van der Waals surface area contributed by atoms with E-state index in [4.69, 9.17) is 4.74 Å². The fourth-order valence-electron chi connectivity index (χ4n) is 2.57. The molecule has 0 saturated heterocycles. The van der Waals surface area contributed by atoms with E-state index >= 15 is 0 Å². The highest BCUT2D eigenvalue weighted by Crippen LogP contribution is 2.41. The van der Waals surface area contributed by atoms with Crippen LogP contribution in [0.1, 0.15) is 19.3 Å². The summed E-state index contributed by atoms with van der Waals surface area (Å²) in [5.74, 6) is 0.449. The van der Waals surface area contributed by atoms with E-state index in [1.807, 2.05) is 7.05 Å². The van der Waals surface area contributed by atoms with E-state index in [1.54, 1.807) is 13.2 Å². The van der Waals surface area contributed by atoms with Gasteiger partial charge in [-0.15, -0.1) is 0 Å². The summed E-state index contributed by atoms with van der Waals surface area (Å²) in [6.45, 7) is 1.85. The fraction of sp³-hybridized carbons (Fsp3) is 0.571. The molecule has 0 unspecified atom stereocenters. The Balaban J connectivity index is 2.02. The van der Waals surface area contributed by atoms with Gasteiger partial charge in [-0.1, -0.05) is 6.42 Å². The molecule has 0 aromatic heterocycles. The second-order valence-electron chi connectivity index (χ2n) is 5.08. The molecule has 0 heterocycles. The summed E-state index contributed by atoms with van der Waals surface area (Å²) in [5, 5.41) is 6.57. The third kappa shape index (κ3) is 2.75. The molecule has 1 fully saturated rings. The zero-order chi connectivity index (χ0) is 13.0. The number of rotatable bonds is 6. The summed E-state index contributed by atoms with van der Waals surface area (Å²) in [6.07, 6.45) is 3.72. The summed E-state index contributed by atoms with van der Waals surface area (Å²) in [4.78, 5) is 0. The predicted molar refractivity (Wildman–Crippen MR) is 71.7 cm³/mol. The van der Waals surface area contributed by atoms with Gasteiger partial charge in [0.25, 0.3) is 0 Å². The van der Waals surface area contributed by atoms with Gasteiger partial charge in [-0.25, -0.2) is 4.39 Å². The molecule has 1 aliphatic carbocycles. The zero-order valence-electron chi connectivity index (χ0n) is 11.1. The van der Waals surface area contributed by atoms with Crippen LogP contribution >= 0.6 is 0 Å². The van der Waals surface area contributed by atoms with Crippen LogP contribution in [-0.4, -0.2) is 27.2 Å². The Bertz CT molecular complexity index is 405. The van der Waals surface area contributed by atoms with Crippen molar-refractivity contribution in [3.63, 3.8) is 0 Å². The Morgan fingerprint density at radius 3 is 2.67 bits per heavy atom. The molecule has 4 heteroatoms. The van der Waals surface area contributed by atoms with Crippen molar-refractivity contribution in [1.29, 1.82) is 0 Å². The number of hydrogen-bond donors (Lipinski definition) is 2. The smallest absolute Gasteiger partial charge is 0.142 e. The third-order valence-corrected chi connectivity index (χ3v) is 3.78. The Morgan fingerprint density at radius 1 is 1.33 bits per heavy atom. The molecule has 0 aliphatic heterocycles. The second kappa shape index (κ2) is 5.57. The van der Waals surface area contributed by atoms with Gasteiger partial charge in [0.1, 0.15) is 11.6 Å². The van der Waals surface area contributed by atoms with Gasteiger partial charge < -0.3 is 15.4 Å². The van der Waals surface area contributed by atoms with Crippen molar-refractivity contribution >= 4 is 5.69 Å². The van der Waals surface area contributed by atoms with Crippen molar-refractivity contribution < 1.29 is 9.13 Å². The first-order valence-corrected chi connectivity index (χ1v) is 6.41. The Hall–Kier alpha value is -1.29. The van der Waals surface area contributed by atoms with Crippen LogP contribution in [0.3, 0.4) is 0 Å². The highest BCUT2D eigenvalue weighted by molar-refractivity contribution is 5.56. The summed E-state index contributed by atoms with van der Waals surface area (Å²) < 4.78 is 18.5. The number of benzene rings is 1. The molecule has 0 bridgehead atoms. The number of methoxy groups -OCH3 is 1. The van der Waals surface area contributed by atoms with Crippen LogP contribution in [0.4, 0.5) is 10.1 Å². The van der Waals surface area contributed by atoms with Gasteiger partial charge in [-0.05, 0) is 32.0 Å². The molecule has 0 atom stereocenters. The van der Waals surface area contributed by atoms with Crippen molar-refractivity contribution in [3.8, 4) is 5.75 Å². The van der Waals surface area contributed by atoms with Crippen LogP contribution in [0.5, 0.6) is 5.75 Å². The molecule has 3 nitrogen and oxygen atoms in total. The maximum absolute atomic E-state index is 13.2. The van der Waals surface area contributed by atoms with Crippen molar-refractivity contribution in [3.05, 3.63) is 24.0 Å². The van der Waals surface area contributed by atoms with Crippen LogP contribution in [0, 0.1) is 11.2 Å². The lowest BCUT2D eigenvalue weighted by molar-refractivity contribution is 0.151. The topological polar surface area (TPSA) is 33.3 Å². The summed E-state index contributed by atoms with van der Waals surface area (Å²) >= 11 is 0. The van der Waals surface area contributed by atoms with Crippen LogP contribution in [0.25, 0.3) is 0 Å². The number of nitrogens with one attached hydrogen (secondary N) is 2. The van der Waals surface area contributed by atoms with Gasteiger partial charge >= 0.3 is 0 Å². The normalized spacial score (nSPS) is 17.1. The van der Waals surface area contributed by atoms with Crippen molar-refractivity contribution in [1.82, 2.24) is 5.32 Å². The quantitative estimate of drug-likeness (QED) is 0.816. The van der Waals surface area contributed by atoms with Gasteiger partial charge in [-0.3, -0.25) is 0 Å². The first-order valence-electron chi connectivity index (χ1n) is 6.41. The van der Waals surface area contributed by atoms with E-state index in [0.717, 1.165) is 18.8 Å². The van der Waals surface area contributed by atoms with Crippen LogP contribution in [0.15, 0.2) is 18.2 Å². The minimum Gasteiger partial charge on any atom is -0.495 e. The summed E-state index contributed by atoms with van der Waals surface area (Å²) in [6, 6.07) is 4.56. The average Bonchev–Trinajstić information content (AvgIpc) is 2.32. The average molecular weight is 252 g/mol. The molecule has 1 aromatic rings. The summed E-state index contributed by atoms with van der Waals surface area (Å²) in [5.41, 5.74) is 1.05. The van der Waals surface area contributed by atoms with Crippen LogP contribution in [0.2, 0.25) is 0 Å². The SMILES string of the molecule is CNCC1(CNc2cc(F)ccc2OC)CCC1. The van der Waals surface area contributed by atoms with E-state index in [0.29, 0.717) is 11.2 Å². The van der Waals surface area contributed by atoms with Crippen molar-refractivity contribution in [2.75, 3.05) is 32.6 Å². The van der Waals surface area contributed by atoms with E-state index < -0.39 is 0 Å². The number of ether oxygens (including phenoxy) is 1. The van der Waals surface area contributed by atoms with E-state index in [2.05, 4.69) is 10.6 Å². The van der Waals surface area contributed by atoms with Crippen LogP contribution in [-0.2, 0) is 0 Å². The molecular formula is C14H21FN2O. The molecule has 2 rings (SSSR count). The molecule has 0 spiro atoms. The van der Waals surface area contributed by atoms with Gasteiger partial charge in [0.15, 0.2) is 0 Å². The monoisotopic (exact) mass is 252 g/mol. The Labute approximate surface area is 108 Å². The number of anilines is 1.